The van der Waals surface area contributed by atoms with E-state index in [4.69, 9.17) is 0 Å². The first kappa shape index (κ1) is 9.52. The molecular weight excluding hydrogens is 154 g/mol. The van der Waals surface area contributed by atoms with Crippen LogP contribution < -0.4 is 5.48 Å². The van der Waals surface area contributed by atoms with E-state index in [1.807, 2.05) is 0 Å². The lowest BCUT2D eigenvalue weighted by molar-refractivity contribution is -0.136. The van der Waals surface area contributed by atoms with Crippen molar-refractivity contribution in [2.24, 2.45) is 11.8 Å². The van der Waals surface area contributed by atoms with Crippen LogP contribution >= 0.6 is 0 Å². The second-order valence-corrected chi connectivity index (χ2v) is 3.63. The number of amides is 1. The molecule has 0 saturated heterocycles. The second-order valence-electron chi connectivity index (χ2n) is 3.63. The van der Waals surface area contributed by atoms with Crippen molar-refractivity contribution in [3.05, 3.63) is 0 Å². The van der Waals surface area contributed by atoms with E-state index in [2.05, 4.69) is 17.2 Å². The number of hydrogen-bond acceptors (Lipinski definition) is 2. The standard InChI is InChI=1S/C9H17NO2/c1-7-3-5-8(6-4-7)9(11)10-12-2/h7-8H,3-6H2,1-2H3,(H,10,11)/t7-,8+. The summed E-state index contributed by atoms with van der Waals surface area (Å²) in [7, 11) is 1.48. The topological polar surface area (TPSA) is 38.3 Å². The van der Waals surface area contributed by atoms with Crippen molar-refractivity contribution in [1.82, 2.24) is 5.48 Å². The molecule has 1 rings (SSSR count). The van der Waals surface area contributed by atoms with Gasteiger partial charge in [0.25, 0.3) is 0 Å². The summed E-state index contributed by atoms with van der Waals surface area (Å²) in [5.41, 5.74) is 2.39. The highest BCUT2D eigenvalue weighted by Gasteiger charge is 2.23. The lowest BCUT2D eigenvalue weighted by Gasteiger charge is -2.24. The first-order valence-electron chi connectivity index (χ1n) is 4.57. The SMILES string of the molecule is CONC(=O)[C@H]1CC[C@@H](C)CC1. The van der Waals surface area contributed by atoms with Gasteiger partial charge in [-0.05, 0) is 31.6 Å². The summed E-state index contributed by atoms with van der Waals surface area (Å²) in [6.07, 6.45) is 4.36. The lowest BCUT2D eigenvalue weighted by Crippen LogP contribution is -2.32. The minimum absolute atomic E-state index is 0.0457. The second kappa shape index (κ2) is 4.45. The van der Waals surface area contributed by atoms with Gasteiger partial charge in [-0.3, -0.25) is 9.63 Å². The Kier molecular flexibility index (Phi) is 3.53. The summed E-state index contributed by atoms with van der Waals surface area (Å²) in [5, 5.41) is 0. The average Bonchev–Trinajstić information content (AvgIpc) is 2.06. The van der Waals surface area contributed by atoms with Crippen molar-refractivity contribution in [3.8, 4) is 0 Å². The number of rotatable bonds is 2. The third kappa shape index (κ3) is 2.48. The zero-order valence-corrected chi connectivity index (χ0v) is 7.80. The number of nitrogens with one attached hydrogen (secondary N) is 1. The van der Waals surface area contributed by atoms with Crippen molar-refractivity contribution in [2.75, 3.05) is 7.11 Å². The Morgan fingerprint density at radius 1 is 1.33 bits per heavy atom. The molecule has 0 unspecified atom stereocenters. The molecule has 1 aliphatic carbocycles. The molecule has 70 valence electrons. The van der Waals surface area contributed by atoms with Gasteiger partial charge in [-0.25, -0.2) is 5.48 Å². The Labute approximate surface area is 73.4 Å². The largest absolute Gasteiger partial charge is 0.277 e. The van der Waals surface area contributed by atoms with Crippen LogP contribution in [0.1, 0.15) is 32.6 Å². The van der Waals surface area contributed by atoms with Gasteiger partial charge in [0.15, 0.2) is 0 Å². The molecule has 12 heavy (non-hydrogen) atoms. The number of hydroxylamine groups is 1. The van der Waals surface area contributed by atoms with Gasteiger partial charge in [0.1, 0.15) is 0 Å². The molecule has 3 nitrogen and oxygen atoms in total. The summed E-state index contributed by atoms with van der Waals surface area (Å²) in [4.78, 5) is 15.9. The Morgan fingerprint density at radius 3 is 2.42 bits per heavy atom. The van der Waals surface area contributed by atoms with Gasteiger partial charge in [0.2, 0.25) is 5.91 Å². The average molecular weight is 171 g/mol. The maximum atomic E-state index is 11.3. The van der Waals surface area contributed by atoms with Gasteiger partial charge in [-0.15, -0.1) is 0 Å². The van der Waals surface area contributed by atoms with E-state index in [1.54, 1.807) is 0 Å². The molecule has 1 fully saturated rings. The summed E-state index contributed by atoms with van der Waals surface area (Å²) in [6, 6.07) is 0. The molecule has 1 saturated carbocycles. The Bertz CT molecular complexity index is 151. The lowest BCUT2D eigenvalue weighted by atomic mass is 9.83. The highest BCUT2D eigenvalue weighted by molar-refractivity contribution is 5.77. The fraction of sp³-hybridized carbons (Fsp3) is 0.889. The van der Waals surface area contributed by atoms with Crippen molar-refractivity contribution in [2.45, 2.75) is 32.6 Å². The first-order chi connectivity index (χ1) is 5.74. The highest BCUT2D eigenvalue weighted by atomic mass is 16.6. The van der Waals surface area contributed by atoms with Crippen LogP contribution in [0.3, 0.4) is 0 Å². The van der Waals surface area contributed by atoms with Crippen LogP contribution in [0.15, 0.2) is 0 Å². The Hall–Kier alpha value is -0.570. The fourth-order valence-corrected chi connectivity index (χ4v) is 1.71. The Balaban J connectivity index is 2.29. The maximum absolute atomic E-state index is 11.3. The monoisotopic (exact) mass is 171 g/mol. The first-order valence-corrected chi connectivity index (χ1v) is 4.57. The van der Waals surface area contributed by atoms with Crippen LogP contribution in [0.4, 0.5) is 0 Å². The molecule has 3 heteroatoms. The molecule has 1 amide bonds. The molecule has 0 aromatic heterocycles. The molecule has 1 N–H and O–H groups in total. The van der Waals surface area contributed by atoms with Gasteiger partial charge in [-0.2, -0.15) is 0 Å². The molecule has 0 radical (unpaired) electrons. The van der Waals surface area contributed by atoms with Crippen LogP contribution in [-0.4, -0.2) is 13.0 Å². The van der Waals surface area contributed by atoms with Crippen LogP contribution in [0.2, 0.25) is 0 Å². The number of carbonyl (C=O) groups excluding carboxylic acids is 1. The van der Waals surface area contributed by atoms with Gasteiger partial charge < -0.3 is 0 Å². The molecule has 0 aromatic carbocycles. The van der Waals surface area contributed by atoms with Gasteiger partial charge in [-0.1, -0.05) is 6.92 Å². The van der Waals surface area contributed by atoms with E-state index in [1.165, 1.54) is 20.0 Å². The molecule has 1 aliphatic rings. The molecule has 0 aromatic rings. The minimum Gasteiger partial charge on any atom is -0.277 e. The molecule has 0 aliphatic heterocycles. The predicted molar refractivity (Wildman–Crippen MR) is 46.3 cm³/mol. The quantitative estimate of drug-likeness (QED) is 0.639. The third-order valence-corrected chi connectivity index (χ3v) is 2.59. The zero-order valence-electron chi connectivity index (χ0n) is 7.80. The summed E-state index contributed by atoms with van der Waals surface area (Å²) >= 11 is 0. The van der Waals surface area contributed by atoms with Crippen LogP contribution in [0.5, 0.6) is 0 Å². The van der Waals surface area contributed by atoms with E-state index in [0.717, 1.165) is 18.8 Å². The van der Waals surface area contributed by atoms with Crippen LogP contribution in [-0.2, 0) is 9.63 Å². The molecule has 0 spiro atoms. The van der Waals surface area contributed by atoms with Gasteiger partial charge >= 0.3 is 0 Å². The van der Waals surface area contributed by atoms with Crippen LogP contribution in [0, 0.1) is 11.8 Å². The van der Waals surface area contributed by atoms with E-state index in [-0.39, 0.29) is 11.8 Å². The fourth-order valence-electron chi connectivity index (χ4n) is 1.71. The van der Waals surface area contributed by atoms with E-state index in [9.17, 15) is 4.79 Å². The Morgan fingerprint density at radius 2 is 1.92 bits per heavy atom. The number of hydrogen-bond donors (Lipinski definition) is 1. The smallest absolute Gasteiger partial charge is 0.246 e. The van der Waals surface area contributed by atoms with Crippen molar-refractivity contribution >= 4 is 5.91 Å². The zero-order chi connectivity index (χ0) is 8.97. The molecular formula is C9H17NO2. The van der Waals surface area contributed by atoms with E-state index >= 15 is 0 Å². The van der Waals surface area contributed by atoms with Gasteiger partial charge in [0, 0.05) is 5.92 Å². The summed E-state index contributed by atoms with van der Waals surface area (Å²) in [6.45, 7) is 2.24. The number of carbonyl (C=O) groups is 1. The summed E-state index contributed by atoms with van der Waals surface area (Å²) < 4.78 is 0. The predicted octanol–water partition coefficient (Wildman–Crippen LogP) is 1.49. The molecule has 0 atom stereocenters. The third-order valence-electron chi connectivity index (χ3n) is 2.59. The minimum atomic E-state index is 0.0457. The molecule has 0 heterocycles. The summed E-state index contributed by atoms with van der Waals surface area (Å²) in [5.74, 6) is 1.02. The highest BCUT2D eigenvalue weighted by Crippen LogP contribution is 2.28. The van der Waals surface area contributed by atoms with Crippen molar-refractivity contribution in [3.63, 3.8) is 0 Å². The maximum Gasteiger partial charge on any atom is 0.246 e. The van der Waals surface area contributed by atoms with Crippen molar-refractivity contribution < 1.29 is 9.63 Å². The van der Waals surface area contributed by atoms with E-state index in [0.29, 0.717) is 0 Å². The van der Waals surface area contributed by atoms with E-state index < -0.39 is 0 Å². The van der Waals surface area contributed by atoms with Crippen LogP contribution in [0.25, 0.3) is 0 Å². The normalized spacial score (nSPS) is 29.8. The van der Waals surface area contributed by atoms with Gasteiger partial charge in [0.05, 0.1) is 7.11 Å². The van der Waals surface area contributed by atoms with Crippen molar-refractivity contribution in [1.29, 1.82) is 0 Å². The molecule has 0 bridgehead atoms.